The molecule has 0 fully saturated rings. The number of esters is 1. The number of ketones is 1. The van der Waals surface area contributed by atoms with Gasteiger partial charge in [-0.05, 0) is 68.1 Å². The average molecular weight is 469 g/mol. The lowest BCUT2D eigenvalue weighted by Crippen LogP contribution is -2.28. The van der Waals surface area contributed by atoms with Gasteiger partial charge in [0.25, 0.3) is 0 Å². The lowest BCUT2D eigenvalue weighted by atomic mass is 9.85. The summed E-state index contributed by atoms with van der Waals surface area (Å²) < 4.78 is 42.8. The van der Waals surface area contributed by atoms with Crippen molar-refractivity contribution in [3.05, 3.63) is 64.2 Å². The highest BCUT2D eigenvalue weighted by molar-refractivity contribution is 7.99. The standard InChI is InChI=1S/C24H27F3O4S/c1-14-11-15(2)21(16(3)12-14)22(23(30)31-4)20(29)13-18(28)9-10-32-19-7-5-17(6-8-19)24(25,26)27/h5-8,11-12,18,22,28H,9-10,13H2,1-4H3. The molecule has 0 aliphatic rings. The van der Waals surface area contributed by atoms with Crippen LogP contribution in [0.2, 0.25) is 0 Å². The lowest BCUT2D eigenvalue weighted by Gasteiger charge is -2.20. The first kappa shape index (κ1) is 25.9. The monoisotopic (exact) mass is 468 g/mol. The van der Waals surface area contributed by atoms with Crippen LogP contribution in [0.25, 0.3) is 0 Å². The van der Waals surface area contributed by atoms with Gasteiger partial charge >= 0.3 is 12.1 Å². The number of carbonyl (C=O) groups is 2. The van der Waals surface area contributed by atoms with Gasteiger partial charge in [0.2, 0.25) is 0 Å². The van der Waals surface area contributed by atoms with Crippen LogP contribution < -0.4 is 0 Å². The van der Waals surface area contributed by atoms with Crippen molar-refractivity contribution in [1.29, 1.82) is 0 Å². The zero-order valence-electron chi connectivity index (χ0n) is 18.5. The van der Waals surface area contributed by atoms with Crippen molar-refractivity contribution in [3.63, 3.8) is 0 Å². The van der Waals surface area contributed by atoms with Crippen LogP contribution in [0.4, 0.5) is 13.2 Å². The predicted molar refractivity (Wildman–Crippen MR) is 118 cm³/mol. The number of halogens is 3. The van der Waals surface area contributed by atoms with Crippen molar-refractivity contribution in [3.8, 4) is 0 Å². The first-order chi connectivity index (χ1) is 14.9. The quantitative estimate of drug-likeness (QED) is 0.304. The van der Waals surface area contributed by atoms with Crippen LogP contribution in [0.3, 0.4) is 0 Å². The third-order valence-corrected chi connectivity index (χ3v) is 6.17. The van der Waals surface area contributed by atoms with Gasteiger partial charge in [-0.1, -0.05) is 17.7 Å². The number of hydrogen-bond donors (Lipinski definition) is 1. The maximum atomic E-state index is 12.9. The summed E-state index contributed by atoms with van der Waals surface area (Å²) in [5.74, 6) is -1.81. The van der Waals surface area contributed by atoms with Crippen molar-refractivity contribution in [1.82, 2.24) is 0 Å². The molecule has 0 aliphatic carbocycles. The van der Waals surface area contributed by atoms with Gasteiger partial charge in [-0.2, -0.15) is 13.2 Å². The minimum Gasteiger partial charge on any atom is -0.468 e. The van der Waals surface area contributed by atoms with E-state index in [2.05, 4.69) is 0 Å². The van der Waals surface area contributed by atoms with Gasteiger partial charge in [-0.15, -0.1) is 11.8 Å². The molecule has 2 unspecified atom stereocenters. The topological polar surface area (TPSA) is 63.6 Å². The van der Waals surface area contributed by atoms with Gasteiger partial charge in [-0.25, -0.2) is 0 Å². The molecule has 174 valence electrons. The molecule has 2 rings (SSSR count). The highest BCUT2D eigenvalue weighted by Gasteiger charge is 2.33. The zero-order chi connectivity index (χ0) is 24.1. The van der Waals surface area contributed by atoms with E-state index in [9.17, 15) is 27.9 Å². The van der Waals surface area contributed by atoms with Crippen molar-refractivity contribution in [2.45, 2.75) is 56.7 Å². The van der Waals surface area contributed by atoms with Crippen LogP contribution in [0.15, 0.2) is 41.3 Å². The third kappa shape index (κ3) is 6.84. The Morgan fingerprint density at radius 1 is 1.06 bits per heavy atom. The smallest absolute Gasteiger partial charge is 0.416 e. The van der Waals surface area contributed by atoms with Crippen molar-refractivity contribution in [2.75, 3.05) is 12.9 Å². The maximum absolute atomic E-state index is 12.9. The van der Waals surface area contributed by atoms with E-state index in [-0.39, 0.29) is 12.8 Å². The first-order valence-corrected chi connectivity index (χ1v) is 11.1. The van der Waals surface area contributed by atoms with Crippen molar-refractivity contribution >= 4 is 23.5 Å². The van der Waals surface area contributed by atoms with Gasteiger partial charge in [0.15, 0.2) is 5.78 Å². The third-order valence-electron chi connectivity index (χ3n) is 5.12. The SMILES string of the molecule is COC(=O)C(C(=O)CC(O)CCSc1ccc(C(F)(F)F)cc1)c1c(C)cc(C)cc1C. The molecular formula is C24H27F3O4S. The van der Waals surface area contributed by atoms with E-state index in [1.54, 1.807) is 0 Å². The van der Waals surface area contributed by atoms with Crippen molar-refractivity contribution in [2.24, 2.45) is 0 Å². The molecule has 4 nitrogen and oxygen atoms in total. The number of Topliss-reactive ketones (excluding diaryl/α,β-unsaturated/α-hetero) is 1. The number of carbonyl (C=O) groups excluding carboxylic acids is 2. The van der Waals surface area contributed by atoms with Gasteiger partial charge in [0, 0.05) is 17.1 Å². The Morgan fingerprint density at radius 3 is 2.12 bits per heavy atom. The maximum Gasteiger partial charge on any atom is 0.416 e. The Morgan fingerprint density at radius 2 is 1.62 bits per heavy atom. The summed E-state index contributed by atoms with van der Waals surface area (Å²) in [6.07, 6.45) is -5.34. The molecule has 0 spiro atoms. The predicted octanol–water partition coefficient (Wildman–Crippen LogP) is 5.39. The summed E-state index contributed by atoms with van der Waals surface area (Å²) in [4.78, 5) is 26.0. The van der Waals surface area contributed by atoms with Gasteiger partial charge in [0.1, 0.15) is 5.92 Å². The number of aryl methyl sites for hydroxylation is 3. The fourth-order valence-electron chi connectivity index (χ4n) is 3.68. The van der Waals surface area contributed by atoms with Gasteiger partial charge in [-0.3, -0.25) is 9.59 Å². The molecule has 0 amide bonds. The van der Waals surface area contributed by atoms with E-state index in [1.165, 1.54) is 31.0 Å². The highest BCUT2D eigenvalue weighted by atomic mass is 32.2. The van der Waals surface area contributed by atoms with Crippen LogP contribution in [0.1, 0.15) is 46.6 Å². The molecule has 0 saturated heterocycles. The Hall–Kier alpha value is -2.32. The van der Waals surface area contributed by atoms with E-state index in [4.69, 9.17) is 4.74 Å². The lowest BCUT2D eigenvalue weighted by molar-refractivity contribution is -0.146. The number of ether oxygens (including phenoxy) is 1. The Kier molecular flexibility index (Phi) is 8.92. The number of aliphatic hydroxyl groups is 1. The molecule has 2 aromatic carbocycles. The average Bonchev–Trinajstić information content (AvgIpc) is 2.69. The minimum atomic E-state index is -4.38. The second-order valence-electron chi connectivity index (χ2n) is 7.75. The van der Waals surface area contributed by atoms with Gasteiger partial charge < -0.3 is 9.84 Å². The van der Waals surface area contributed by atoms with Crippen molar-refractivity contribution < 1.29 is 32.6 Å². The number of hydrogen-bond acceptors (Lipinski definition) is 5. The van der Waals surface area contributed by atoms with E-state index in [1.807, 2.05) is 32.9 Å². The molecule has 1 N–H and O–H groups in total. The number of benzene rings is 2. The number of thioether (sulfide) groups is 1. The van der Waals surface area contributed by atoms with Gasteiger partial charge in [0.05, 0.1) is 18.8 Å². The number of aliphatic hydroxyl groups excluding tert-OH is 1. The molecule has 0 heterocycles. The summed E-state index contributed by atoms with van der Waals surface area (Å²) >= 11 is 1.29. The molecule has 0 saturated carbocycles. The second-order valence-corrected chi connectivity index (χ2v) is 8.92. The zero-order valence-corrected chi connectivity index (χ0v) is 19.3. The highest BCUT2D eigenvalue weighted by Crippen LogP contribution is 2.32. The van der Waals surface area contributed by atoms with E-state index in [0.29, 0.717) is 16.2 Å². The molecule has 0 aliphatic heterocycles. The number of alkyl halides is 3. The summed E-state index contributed by atoms with van der Waals surface area (Å²) in [5.41, 5.74) is 2.50. The normalized spacial score (nSPS) is 13.5. The molecule has 2 atom stereocenters. The fourth-order valence-corrected chi connectivity index (χ4v) is 4.63. The summed E-state index contributed by atoms with van der Waals surface area (Å²) in [6, 6.07) is 8.55. The second kappa shape index (κ2) is 11.0. The summed E-state index contributed by atoms with van der Waals surface area (Å²) in [6.45, 7) is 5.59. The Balaban J connectivity index is 2.00. The Bertz CT molecular complexity index is 932. The molecule has 2 aromatic rings. The summed E-state index contributed by atoms with van der Waals surface area (Å²) in [5, 5.41) is 10.3. The number of rotatable bonds is 9. The van der Waals surface area contributed by atoms with E-state index < -0.39 is 35.5 Å². The minimum absolute atomic E-state index is 0.222. The van der Waals surface area contributed by atoms with Crippen LogP contribution in [-0.2, 0) is 20.5 Å². The van der Waals surface area contributed by atoms with Crippen LogP contribution >= 0.6 is 11.8 Å². The van der Waals surface area contributed by atoms with Crippen LogP contribution in [0, 0.1) is 20.8 Å². The van der Waals surface area contributed by atoms with E-state index >= 15 is 0 Å². The molecule has 8 heteroatoms. The van der Waals surface area contributed by atoms with E-state index in [0.717, 1.165) is 28.8 Å². The molecule has 32 heavy (non-hydrogen) atoms. The summed E-state index contributed by atoms with van der Waals surface area (Å²) in [7, 11) is 1.22. The number of methoxy groups -OCH3 is 1. The molecule has 0 radical (unpaired) electrons. The Labute approximate surface area is 190 Å². The molecule has 0 bridgehead atoms. The first-order valence-electron chi connectivity index (χ1n) is 10.1. The fraction of sp³-hybridized carbons (Fsp3) is 0.417. The molecular weight excluding hydrogens is 441 g/mol. The largest absolute Gasteiger partial charge is 0.468 e. The van der Waals surface area contributed by atoms with Crippen LogP contribution in [0.5, 0.6) is 0 Å². The van der Waals surface area contributed by atoms with Crippen LogP contribution in [-0.4, -0.2) is 35.8 Å². The molecule has 0 aromatic heterocycles.